The van der Waals surface area contributed by atoms with Crippen molar-refractivity contribution in [3.63, 3.8) is 0 Å². The zero-order valence-corrected chi connectivity index (χ0v) is 20.8. The lowest BCUT2D eigenvalue weighted by molar-refractivity contribution is -0.126. The molecule has 3 aromatic rings. The number of halogens is 1. The molecule has 8 heteroatoms. The molecule has 0 saturated heterocycles. The molecule has 0 spiro atoms. The summed E-state index contributed by atoms with van der Waals surface area (Å²) in [6, 6.07) is 20.2. The number of carbonyl (C=O) groups is 1. The van der Waals surface area contributed by atoms with Crippen LogP contribution < -0.4 is 14.4 Å². The Hall–Kier alpha value is -2.71. The minimum atomic E-state index is -1.20. The van der Waals surface area contributed by atoms with Crippen LogP contribution in [0.3, 0.4) is 0 Å². The average molecular weight is 499 g/mol. The van der Waals surface area contributed by atoms with Crippen LogP contribution in [0.1, 0.15) is 10.8 Å². The van der Waals surface area contributed by atoms with Crippen molar-refractivity contribution in [3.8, 4) is 17.2 Å². The number of thioether (sulfide) groups is 1. The van der Waals surface area contributed by atoms with Gasteiger partial charge in [-0.2, -0.15) is 0 Å². The first-order valence-electron chi connectivity index (χ1n) is 10.9. The molecule has 34 heavy (non-hydrogen) atoms. The standard InChI is InChI=1S/C26H27ClN2O4S/c1-28(2)14-15-29-22-13-12-21(33-20-10-6-18(27)7-11-20)16-23(22)34-25(24(30)26(29)31)17-4-8-19(32-3)9-5-17/h4-13,16,24-25,30H,14-15H2,1-3H3/t24-,25+/m1/s1. The maximum atomic E-state index is 13.4. The molecule has 0 fully saturated rings. The van der Waals surface area contributed by atoms with E-state index in [9.17, 15) is 9.90 Å². The molecular formula is C26H27ClN2O4S. The number of methoxy groups -OCH3 is 1. The Labute approximate surface area is 209 Å². The molecule has 1 amide bonds. The number of anilines is 1. The highest BCUT2D eigenvalue weighted by Gasteiger charge is 2.37. The van der Waals surface area contributed by atoms with E-state index >= 15 is 0 Å². The van der Waals surface area contributed by atoms with Crippen molar-refractivity contribution in [2.75, 3.05) is 39.2 Å². The number of likely N-dealkylation sites (N-methyl/N-ethyl adjacent to an activating group) is 1. The van der Waals surface area contributed by atoms with Crippen LogP contribution in [-0.2, 0) is 4.79 Å². The Bertz CT molecular complexity index is 1140. The second kappa shape index (κ2) is 10.7. The third-order valence-electron chi connectivity index (χ3n) is 5.55. The van der Waals surface area contributed by atoms with Gasteiger partial charge in [0.2, 0.25) is 0 Å². The molecule has 0 saturated carbocycles. The van der Waals surface area contributed by atoms with Gasteiger partial charge in [-0.1, -0.05) is 23.7 Å². The van der Waals surface area contributed by atoms with Crippen molar-refractivity contribution in [1.82, 2.24) is 4.90 Å². The molecule has 1 heterocycles. The number of hydrogen-bond acceptors (Lipinski definition) is 6. The fraction of sp³-hybridized carbons (Fsp3) is 0.269. The van der Waals surface area contributed by atoms with E-state index in [1.807, 2.05) is 61.5 Å². The van der Waals surface area contributed by atoms with Crippen molar-refractivity contribution >= 4 is 35.0 Å². The second-order valence-corrected chi connectivity index (χ2v) is 9.85. The number of ether oxygens (including phenoxy) is 2. The smallest absolute Gasteiger partial charge is 0.257 e. The van der Waals surface area contributed by atoms with Crippen LogP contribution in [0.2, 0.25) is 5.02 Å². The van der Waals surface area contributed by atoms with E-state index in [0.717, 1.165) is 21.9 Å². The molecule has 4 rings (SSSR count). The summed E-state index contributed by atoms with van der Waals surface area (Å²) < 4.78 is 11.3. The predicted molar refractivity (Wildman–Crippen MR) is 136 cm³/mol. The number of nitrogens with zero attached hydrogens (tertiary/aromatic N) is 2. The molecule has 178 valence electrons. The van der Waals surface area contributed by atoms with Crippen LogP contribution >= 0.6 is 23.4 Å². The minimum absolute atomic E-state index is 0.319. The van der Waals surface area contributed by atoms with Crippen molar-refractivity contribution in [2.24, 2.45) is 0 Å². The monoisotopic (exact) mass is 498 g/mol. The van der Waals surface area contributed by atoms with E-state index in [1.54, 1.807) is 36.3 Å². The Morgan fingerprint density at radius 2 is 1.65 bits per heavy atom. The van der Waals surface area contributed by atoms with Crippen LogP contribution in [-0.4, -0.2) is 56.3 Å². The first-order chi connectivity index (χ1) is 16.4. The third-order valence-corrected chi connectivity index (χ3v) is 7.16. The fourth-order valence-electron chi connectivity index (χ4n) is 3.70. The molecule has 1 N–H and O–H groups in total. The topological polar surface area (TPSA) is 62.2 Å². The highest BCUT2D eigenvalue weighted by atomic mass is 35.5. The van der Waals surface area contributed by atoms with E-state index in [2.05, 4.69) is 0 Å². The number of hydrogen-bond donors (Lipinski definition) is 1. The number of carbonyl (C=O) groups excluding carboxylic acids is 1. The van der Waals surface area contributed by atoms with Crippen molar-refractivity contribution < 1.29 is 19.4 Å². The van der Waals surface area contributed by atoms with Gasteiger partial charge in [0, 0.05) is 23.0 Å². The van der Waals surface area contributed by atoms with E-state index in [0.29, 0.717) is 29.6 Å². The van der Waals surface area contributed by atoms with E-state index in [-0.39, 0.29) is 5.91 Å². The van der Waals surface area contributed by atoms with Gasteiger partial charge in [0.05, 0.1) is 18.0 Å². The highest BCUT2D eigenvalue weighted by Crippen LogP contribution is 2.47. The average Bonchev–Trinajstić information content (AvgIpc) is 2.93. The molecule has 0 radical (unpaired) electrons. The van der Waals surface area contributed by atoms with Gasteiger partial charge in [0.1, 0.15) is 23.4 Å². The van der Waals surface area contributed by atoms with Crippen LogP contribution in [0.5, 0.6) is 17.2 Å². The van der Waals surface area contributed by atoms with Crippen molar-refractivity contribution in [1.29, 1.82) is 0 Å². The summed E-state index contributed by atoms with van der Waals surface area (Å²) >= 11 is 7.44. The zero-order chi connectivity index (χ0) is 24.2. The van der Waals surface area contributed by atoms with Gasteiger partial charge in [0.25, 0.3) is 5.91 Å². The number of aliphatic hydroxyl groups excluding tert-OH is 1. The summed E-state index contributed by atoms with van der Waals surface area (Å²) in [5, 5.41) is 11.3. The second-order valence-electron chi connectivity index (χ2n) is 8.24. The number of amides is 1. The van der Waals surface area contributed by atoms with Crippen LogP contribution in [0.25, 0.3) is 0 Å². The van der Waals surface area contributed by atoms with Crippen molar-refractivity contribution in [2.45, 2.75) is 16.2 Å². The summed E-state index contributed by atoms with van der Waals surface area (Å²) in [6.45, 7) is 1.13. The molecule has 2 atom stereocenters. The maximum Gasteiger partial charge on any atom is 0.257 e. The largest absolute Gasteiger partial charge is 0.497 e. The lowest BCUT2D eigenvalue weighted by Crippen LogP contribution is -2.43. The number of rotatable bonds is 7. The predicted octanol–water partition coefficient (Wildman–Crippen LogP) is 5.24. The summed E-state index contributed by atoms with van der Waals surface area (Å²) in [5.41, 5.74) is 1.60. The van der Waals surface area contributed by atoms with E-state index < -0.39 is 11.4 Å². The minimum Gasteiger partial charge on any atom is -0.497 e. The van der Waals surface area contributed by atoms with Gasteiger partial charge >= 0.3 is 0 Å². The molecule has 0 aromatic heterocycles. The Kier molecular flexibility index (Phi) is 7.68. The summed E-state index contributed by atoms with van der Waals surface area (Å²) in [6.07, 6.45) is -1.20. The maximum absolute atomic E-state index is 13.4. The summed E-state index contributed by atoms with van der Waals surface area (Å²) in [4.78, 5) is 17.9. The molecule has 1 aliphatic rings. The molecule has 0 bridgehead atoms. The van der Waals surface area contributed by atoms with Crippen LogP contribution in [0.4, 0.5) is 5.69 Å². The zero-order valence-electron chi connectivity index (χ0n) is 19.3. The molecule has 3 aromatic carbocycles. The highest BCUT2D eigenvalue weighted by molar-refractivity contribution is 7.99. The lowest BCUT2D eigenvalue weighted by Gasteiger charge is -2.26. The fourth-order valence-corrected chi connectivity index (χ4v) is 5.12. The third kappa shape index (κ3) is 5.50. The quantitative estimate of drug-likeness (QED) is 0.480. The SMILES string of the molecule is COc1ccc([C@@H]2Sc3cc(Oc4ccc(Cl)cc4)ccc3N(CCN(C)C)C(=O)[C@@H]2O)cc1. The molecule has 6 nitrogen and oxygen atoms in total. The first kappa shape index (κ1) is 24.4. The molecular weight excluding hydrogens is 472 g/mol. The summed E-state index contributed by atoms with van der Waals surface area (Å²) in [5.74, 6) is 1.70. The Morgan fingerprint density at radius 1 is 1.00 bits per heavy atom. The van der Waals surface area contributed by atoms with Gasteiger partial charge < -0.3 is 24.4 Å². The van der Waals surface area contributed by atoms with Crippen molar-refractivity contribution in [3.05, 3.63) is 77.3 Å². The number of fused-ring (bicyclic) bond motifs is 1. The van der Waals surface area contributed by atoms with Gasteiger partial charge in [-0.15, -0.1) is 11.8 Å². The lowest BCUT2D eigenvalue weighted by atomic mass is 10.1. The number of aliphatic hydroxyl groups is 1. The Morgan fingerprint density at radius 3 is 2.29 bits per heavy atom. The normalized spacial score (nSPS) is 17.9. The molecule has 0 unspecified atom stereocenters. The van der Waals surface area contributed by atoms with Gasteiger partial charge in [0.15, 0.2) is 0 Å². The molecule has 0 aliphatic carbocycles. The van der Waals surface area contributed by atoms with Gasteiger partial charge in [-0.25, -0.2) is 0 Å². The van der Waals surface area contributed by atoms with Gasteiger partial charge in [-0.05, 0) is 74.3 Å². The molecule has 1 aliphatic heterocycles. The summed E-state index contributed by atoms with van der Waals surface area (Å²) in [7, 11) is 5.52. The first-order valence-corrected chi connectivity index (χ1v) is 12.1. The Balaban J connectivity index is 1.71. The van der Waals surface area contributed by atoms with Gasteiger partial charge in [-0.3, -0.25) is 4.79 Å². The van der Waals surface area contributed by atoms with E-state index in [4.69, 9.17) is 21.1 Å². The van der Waals surface area contributed by atoms with Crippen LogP contribution in [0, 0.1) is 0 Å². The van der Waals surface area contributed by atoms with Crippen LogP contribution in [0.15, 0.2) is 71.6 Å². The number of benzene rings is 3. The van der Waals surface area contributed by atoms with E-state index in [1.165, 1.54) is 11.8 Å².